The van der Waals surface area contributed by atoms with Crippen molar-refractivity contribution in [1.29, 1.82) is 0 Å². The molecule has 2 rings (SSSR count). The predicted octanol–water partition coefficient (Wildman–Crippen LogP) is 2.13. The van der Waals surface area contributed by atoms with Crippen LogP contribution >= 0.6 is 0 Å². The summed E-state index contributed by atoms with van der Waals surface area (Å²) in [6, 6.07) is 3.82. The molecule has 1 heterocycles. The van der Waals surface area contributed by atoms with E-state index < -0.39 is 0 Å². The number of Topliss-reactive ketones (excluding diaryl/α,β-unsaturated/α-hetero) is 1. The average Bonchev–Trinajstić information content (AvgIpc) is 2.29. The zero-order valence-corrected chi connectivity index (χ0v) is 8.69. The van der Waals surface area contributed by atoms with Crippen LogP contribution in [0.1, 0.15) is 29.4 Å². The minimum Gasteiger partial charge on any atom is -0.501 e. The Balaban J connectivity index is 2.30. The van der Waals surface area contributed by atoms with Gasteiger partial charge in [-0.15, -0.1) is 0 Å². The Hall–Kier alpha value is -1.64. The van der Waals surface area contributed by atoms with E-state index in [9.17, 15) is 4.79 Å². The second kappa shape index (κ2) is 4.26. The van der Waals surface area contributed by atoms with E-state index in [2.05, 4.69) is 4.98 Å². The molecule has 15 heavy (non-hydrogen) atoms. The maximum absolute atomic E-state index is 11.9. The molecule has 1 aromatic heterocycles. The first-order chi connectivity index (χ1) is 7.33. The van der Waals surface area contributed by atoms with Gasteiger partial charge in [-0.25, -0.2) is 0 Å². The largest absolute Gasteiger partial charge is 0.501 e. The summed E-state index contributed by atoms with van der Waals surface area (Å²) in [5, 5.41) is 0. The van der Waals surface area contributed by atoms with Gasteiger partial charge in [-0.1, -0.05) is 6.07 Å². The van der Waals surface area contributed by atoms with E-state index in [1.807, 2.05) is 19.1 Å². The molecule has 1 aliphatic carbocycles. The SMILES string of the molecule is CCO/C=C1/CCc2cccnc2C1=O. The van der Waals surface area contributed by atoms with E-state index in [0.29, 0.717) is 12.3 Å². The molecule has 0 bridgehead atoms. The fourth-order valence-corrected chi connectivity index (χ4v) is 1.68. The van der Waals surface area contributed by atoms with Crippen LogP contribution in [0.3, 0.4) is 0 Å². The molecule has 0 aliphatic heterocycles. The highest BCUT2D eigenvalue weighted by molar-refractivity contribution is 6.09. The normalized spacial score (nSPS) is 17.7. The van der Waals surface area contributed by atoms with Gasteiger partial charge >= 0.3 is 0 Å². The highest BCUT2D eigenvalue weighted by Crippen LogP contribution is 2.22. The molecule has 0 unspecified atom stereocenters. The van der Waals surface area contributed by atoms with Crippen LogP contribution in [0, 0.1) is 0 Å². The van der Waals surface area contributed by atoms with E-state index in [1.165, 1.54) is 0 Å². The number of aromatic nitrogens is 1. The molecular weight excluding hydrogens is 190 g/mol. The predicted molar refractivity (Wildman–Crippen MR) is 56.6 cm³/mol. The highest BCUT2D eigenvalue weighted by Gasteiger charge is 2.22. The molecule has 1 aliphatic rings. The Morgan fingerprint density at radius 2 is 2.40 bits per heavy atom. The van der Waals surface area contributed by atoms with Crippen LogP contribution in [0.25, 0.3) is 0 Å². The third kappa shape index (κ3) is 1.91. The Morgan fingerprint density at radius 3 is 3.20 bits per heavy atom. The summed E-state index contributed by atoms with van der Waals surface area (Å²) in [7, 11) is 0. The lowest BCUT2D eigenvalue weighted by Crippen LogP contribution is -2.16. The third-order valence-corrected chi connectivity index (χ3v) is 2.45. The number of pyridine rings is 1. The van der Waals surface area contributed by atoms with Crippen molar-refractivity contribution in [1.82, 2.24) is 4.98 Å². The zero-order valence-electron chi connectivity index (χ0n) is 8.69. The van der Waals surface area contributed by atoms with Crippen LogP contribution in [-0.4, -0.2) is 17.4 Å². The summed E-state index contributed by atoms with van der Waals surface area (Å²) in [6.07, 6.45) is 4.84. The maximum Gasteiger partial charge on any atom is 0.210 e. The first-order valence-corrected chi connectivity index (χ1v) is 5.12. The van der Waals surface area contributed by atoms with Crippen molar-refractivity contribution < 1.29 is 9.53 Å². The zero-order chi connectivity index (χ0) is 10.7. The molecular formula is C12H13NO2. The fraction of sp³-hybridized carbons (Fsp3) is 0.333. The molecule has 3 heteroatoms. The van der Waals surface area contributed by atoms with Gasteiger partial charge in [0, 0.05) is 11.8 Å². The van der Waals surface area contributed by atoms with Gasteiger partial charge in [-0.05, 0) is 31.4 Å². The Morgan fingerprint density at radius 1 is 1.53 bits per heavy atom. The minimum atomic E-state index is 0.00491. The summed E-state index contributed by atoms with van der Waals surface area (Å²) in [6.45, 7) is 2.49. The van der Waals surface area contributed by atoms with Crippen LogP contribution in [-0.2, 0) is 11.2 Å². The van der Waals surface area contributed by atoms with E-state index in [4.69, 9.17) is 4.74 Å². The standard InChI is InChI=1S/C12H13NO2/c1-2-15-8-10-6-5-9-4-3-7-13-11(9)12(10)14/h3-4,7-8H,2,5-6H2,1H3/b10-8-. The van der Waals surface area contributed by atoms with Crippen LogP contribution in [0.2, 0.25) is 0 Å². The molecule has 0 aromatic carbocycles. The number of allylic oxidation sites excluding steroid dienone is 1. The van der Waals surface area contributed by atoms with Gasteiger partial charge in [0.1, 0.15) is 5.69 Å². The van der Waals surface area contributed by atoms with Crippen molar-refractivity contribution in [3.63, 3.8) is 0 Å². The molecule has 0 saturated carbocycles. The number of hydrogen-bond acceptors (Lipinski definition) is 3. The average molecular weight is 203 g/mol. The van der Waals surface area contributed by atoms with Gasteiger partial charge in [0.15, 0.2) is 0 Å². The summed E-state index contributed by atoms with van der Waals surface area (Å²) in [4.78, 5) is 16.0. The van der Waals surface area contributed by atoms with Crippen LogP contribution in [0.5, 0.6) is 0 Å². The van der Waals surface area contributed by atoms with Crippen LogP contribution in [0.15, 0.2) is 30.2 Å². The van der Waals surface area contributed by atoms with E-state index in [1.54, 1.807) is 12.5 Å². The number of nitrogens with zero attached hydrogens (tertiary/aromatic N) is 1. The Labute approximate surface area is 88.8 Å². The minimum absolute atomic E-state index is 0.00491. The lowest BCUT2D eigenvalue weighted by Gasteiger charge is -2.15. The molecule has 0 amide bonds. The van der Waals surface area contributed by atoms with Crippen LogP contribution in [0.4, 0.5) is 0 Å². The molecule has 0 atom stereocenters. The second-order valence-corrected chi connectivity index (χ2v) is 3.44. The van der Waals surface area contributed by atoms with Crippen molar-refractivity contribution in [2.45, 2.75) is 19.8 Å². The summed E-state index contributed by atoms with van der Waals surface area (Å²) >= 11 is 0. The number of aryl methyl sites for hydroxylation is 1. The van der Waals surface area contributed by atoms with E-state index in [0.717, 1.165) is 24.0 Å². The number of hydrogen-bond donors (Lipinski definition) is 0. The maximum atomic E-state index is 11.9. The summed E-state index contributed by atoms with van der Waals surface area (Å²) in [5.41, 5.74) is 2.34. The molecule has 1 aromatic rings. The van der Waals surface area contributed by atoms with Gasteiger partial charge < -0.3 is 4.74 Å². The summed E-state index contributed by atoms with van der Waals surface area (Å²) in [5.74, 6) is 0.00491. The summed E-state index contributed by atoms with van der Waals surface area (Å²) < 4.78 is 5.15. The highest BCUT2D eigenvalue weighted by atomic mass is 16.5. The Kier molecular flexibility index (Phi) is 2.81. The fourth-order valence-electron chi connectivity index (χ4n) is 1.68. The topological polar surface area (TPSA) is 39.2 Å². The molecule has 0 saturated heterocycles. The third-order valence-electron chi connectivity index (χ3n) is 2.45. The van der Waals surface area contributed by atoms with E-state index >= 15 is 0 Å². The molecule has 0 N–H and O–H groups in total. The molecule has 3 nitrogen and oxygen atoms in total. The molecule has 0 spiro atoms. The molecule has 0 radical (unpaired) electrons. The first-order valence-electron chi connectivity index (χ1n) is 5.12. The van der Waals surface area contributed by atoms with Crippen LogP contribution < -0.4 is 0 Å². The van der Waals surface area contributed by atoms with Gasteiger partial charge in [-0.3, -0.25) is 9.78 Å². The number of carbonyl (C=O) groups is 1. The van der Waals surface area contributed by atoms with Gasteiger partial charge in [-0.2, -0.15) is 0 Å². The first kappa shape index (κ1) is 9.90. The van der Waals surface area contributed by atoms with Crippen molar-refractivity contribution in [2.24, 2.45) is 0 Å². The molecule has 0 fully saturated rings. The second-order valence-electron chi connectivity index (χ2n) is 3.44. The van der Waals surface area contributed by atoms with Crippen molar-refractivity contribution >= 4 is 5.78 Å². The number of fused-ring (bicyclic) bond motifs is 1. The van der Waals surface area contributed by atoms with Crippen molar-refractivity contribution in [3.8, 4) is 0 Å². The smallest absolute Gasteiger partial charge is 0.210 e. The molecule has 78 valence electrons. The number of rotatable bonds is 2. The monoisotopic (exact) mass is 203 g/mol. The van der Waals surface area contributed by atoms with Gasteiger partial charge in [0.25, 0.3) is 0 Å². The quantitative estimate of drug-likeness (QED) is 0.546. The lowest BCUT2D eigenvalue weighted by molar-refractivity contribution is 0.101. The lowest BCUT2D eigenvalue weighted by atomic mass is 9.91. The van der Waals surface area contributed by atoms with Crippen molar-refractivity contribution in [3.05, 3.63) is 41.4 Å². The number of ketones is 1. The Bertz CT molecular complexity index is 410. The number of carbonyl (C=O) groups excluding carboxylic acids is 1. The van der Waals surface area contributed by atoms with E-state index in [-0.39, 0.29) is 5.78 Å². The van der Waals surface area contributed by atoms with Gasteiger partial charge in [0.05, 0.1) is 12.9 Å². The number of ether oxygens (including phenoxy) is 1. The van der Waals surface area contributed by atoms with Gasteiger partial charge in [0.2, 0.25) is 5.78 Å². The van der Waals surface area contributed by atoms with Crippen molar-refractivity contribution in [2.75, 3.05) is 6.61 Å².